The summed E-state index contributed by atoms with van der Waals surface area (Å²) < 4.78 is 0. The molecule has 0 unspecified atom stereocenters. The molecule has 0 bridgehead atoms. The fourth-order valence-electron chi connectivity index (χ4n) is 1.74. The van der Waals surface area contributed by atoms with Crippen LogP contribution >= 0.6 is 0 Å². The van der Waals surface area contributed by atoms with E-state index in [1.807, 2.05) is 18.2 Å². The van der Waals surface area contributed by atoms with Crippen LogP contribution in [-0.2, 0) is 12.0 Å². The molecule has 1 aliphatic rings. The summed E-state index contributed by atoms with van der Waals surface area (Å²) in [4.78, 5) is 0. The van der Waals surface area contributed by atoms with Crippen molar-refractivity contribution in [3.63, 3.8) is 0 Å². The topological polar surface area (TPSA) is 20.2 Å². The third-order valence-electron chi connectivity index (χ3n) is 2.55. The fourth-order valence-corrected chi connectivity index (χ4v) is 2.33. The molecule has 2 heteroatoms. The standard InChI is InChI=1S/C13H16OSi/c1-15(2,3)9-8-13(14)10-11-6-4-5-7-12(11)13/h4-7,14H,10H2,1-3H3/t13-/m0/s1. The summed E-state index contributed by atoms with van der Waals surface area (Å²) in [7, 11) is -1.39. The summed E-state index contributed by atoms with van der Waals surface area (Å²) >= 11 is 0. The zero-order valence-electron chi connectivity index (χ0n) is 9.46. The van der Waals surface area contributed by atoms with Gasteiger partial charge in [-0.1, -0.05) is 49.8 Å². The van der Waals surface area contributed by atoms with Crippen LogP contribution in [-0.4, -0.2) is 13.2 Å². The minimum absolute atomic E-state index is 0.681. The fraction of sp³-hybridized carbons (Fsp3) is 0.385. The minimum Gasteiger partial charge on any atom is -0.373 e. The molecule has 1 aromatic rings. The van der Waals surface area contributed by atoms with Gasteiger partial charge in [-0.15, -0.1) is 5.54 Å². The van der Waals surface area contributed by atoms with Gasteiger partial charge in [-0.2, -0.15) is 0 Å². The number of aliphatic hydroxyl groups is 1. The van der Waals surface area contributed by atoms with E-state index in [1.165, 1.54) is 5.56 Å². The Morgan fingerprint density at radius 2 is 1.93 bits per heavy atom. The Bertz CT molecular complexity index is 448. The van der Waals surface area contributed by atoms with Crippen molar-refractivity contribution in [3.8, 4) is 11.5 Å². The minimum atomic E-state index is -1.39. The van der Waals surface area contributed by atoms with Crippen molar-refractivity contribution >= 4 is 8.07 Å². The molecule has 1 N–H and O–H groups in total. The van der Waals surface area contributed by atoms with E-state index in [1.54, 1.807) is 0 Å². The molecule has 0 saturated heterocycles. The van der Waals surface area contributed by atoms with Crippen LogP contribution in [0.5, 0.6) is 0 Å². The third kappa shape index (κ3) is 1.99. The lowest BCUT2D eigenvalue weighted by atomic mass is 9.74. The number of rotatable bonds is 0. The Morgan fingerprint density at radius 1 is 1.27 bits per heavy atom. The van der Waals surface area contributed by atoms with Gasteiger partial charge in [-0.05, 0) is 11.1 Å². The van der Waals surface area contributed by atoms with Gasteiger partial charge < -0.3 is 5.11 Å². The van der Waals surface area contributed by atoms with Crippen molar-refractivity contribution in [2.45, 2.75) is 31.7 Å². The Hall–Kier alpha value is -1.04. The second kappa shape index (κ2) is 3.23. The maximum Gasteiger partial charge on any atom is 0.154 e. The molecule has 0 aliphatic heterocycles. The van der Waals surface area contributed by atoms with Gasteiger partial charge in [0, 0.05) is 6.42 Å². The van der Waals surface area contributed by atoms with Crippen molar-refractivity contribution in [3.05, 3.63) is 35.4 Å². The third-order valence-corrected chi connectivity index (χ3v) is 3.43. The zero-order chi connectivity index (χ0) is 11.1. The Kier molecular flexibility index (Phi) is 2.25. The smallest absolute Gasteiger partial charge is 0.154 e. The second-order valence-electron chi connectivity index (χ2n) is 5.19. The molecule has 0 radical (unpaired) electrons. The molecule has 1 aromatic carbocycles. The van der Waals surface area contributed by atoms with Crippen LogP contribution in [0.2, 0.25) is 19.6 Å². The largest absolute Gasteiger partial charge is 0.373 e. The van der Waals surface area contributed by atoms with Crippen molar-refractivity contribution in [1.29, 1.82) is 0 Å². The molecular weight excluding hydrogens is 200 g/mol. The average molecular weight is 216 g/mol. The zero-order valence-corrected chi connectivity index (χ0v) is 10.5. The average Bonchev–Trinajstić information content (AvgIpc) is 2.12. The van der Waals surface area contributed by atoms with Crippen LogP contribution in [0.15, 0.2) is 24.3 Å². The number of hydrogen-bond donors (Lipinski definition) is 1. The maximum atomic E-state index is 10.3. The monoisotopic (exact) mass is 216 g/mol. The lowest BCUT2D eigenvalue weighted by molar-refractivity contribution is 0.0756. The summed E-state index contributed by atoms with van der Waals surface area (Å²) in [6, 6.07) is 7.99. The predicted molar refractivity (Wildman–Crippen MR) is 65.2 cm³/mol. The van der Waals surface area contributed by atoms with E-state index in [9.17, 15) is 5.11 Å². The summed E-state index contributed by atoms with van der Waals surface area (Å²) in [5.41, 5.74) is 4.60. The number of fused-ring (bicyclic) bond motifs is 1. The first-order chi connectivity index (χ1) is 6.91. The van der Waals surface area contributed by atoms with Crippen LogP contribution < -0.4 is 0 Å². The summed E-state index contributed by atoms with van der Waals surface area (Å²) in [5.74, 6) is 3.06. The highest BCUT2D eigenvalue weighted by Gasteiger charge is 2.39. The SMILES string of the molecule is C[Si](C)(C)C#C[C@]1(O)Cc2ccccc21. The Balaban J connectivity index is 2.30. The van der Waals surface area contributed by atoms with E-state index >= 15 is 0 Å². The van der Waals surface area contributed by atoms with Gasteiger partial charge in [0.1, 0.15) is 8.07 Å². The van der Waals surface area contributed by atoms with Crippen LogP contribution in [0.25, 0.3) is 0 Å². The Morgan fingerprint density at radius 3 is 2.53 bits per heavy atom. The van der Waals surface area contributed by atoms with E-state index in [0.29, 0.717) is 6.42 Å². The van der Waals surface area contributed by atoms with Crippen LogP contribution in [0.3, 0.4) is 0 Å². The molecule has 78 valence electrons. The quantitative estimate of drug-likeness (QED) is 0.521. The first-order valence-electron chi connectivity index (χ1n) is 5.26. The van der Waals surface area contributed by atoms with Gasteiger partial charge in [0.25, 0.3) is 0 Å². The molecule has 0 heterocycles. The number of benzene rings is 1. The number of hydrogen-bond acceptors (Lipinski definition) is 1. The van der Waals surface area contributed by atoms with Gasteiger partial charge >= 0.3 is 0 Å². The molecule has 0 saturated carbocycles. The van der Waals surface area contributed by atoms with E-state index in [2.05, 4.69) is 37.2 Å². The molecule has 1 nitrogen and oxygen atoms in total. The molecule has 1 atom stereocenters. The Labute approximate surface area is 92.2 Å². The van der Waals surface area contributed by atoms with E-state index in [4.69, 9.17) is 0 Å². The highest BCUT2D eigenvalue weighted by molar-refractivity contribution is 6.83. The van der Waals surface area contributed by atoms with E-state index in [0.717, 1.165) is 5.56 Å². The molecule has 0 spiro atoms. The van der Waals surface area contributed by atoms with E-state index in [-0.39, 0.29) is 0 Å². The van der Waals surface area contributed by atoms with Crippen LogP contribution in [0, 0.1) is 11.5 Å². The summed E-state index contributed by atoms with van der Waals surface area (Å²) in [5, 5.41) is 10.3. The van der Waals surface area contributed by atoms with Crippen LogP contribution in [0.1, 0.15) is 11.1 Å². The van der Waals surface area contributed by atoms with Gasteiger partial charge in [0.05, 0.1) is 0 Å². The molecule has 15 heavy (non-hydrogen) atoms. The lowest BCUT2D eigenvalue weighted by Gasteiger charge is -2.35. The first kappa shape index (κ1) is 10.5. The highest BCUT2D eigenvalue weighted by Crippen LogP contribution is 2.38. The van der Waals surface area contributed by atoms with Gasteiger partial charge in [0.15, 0.2) is 5.60 Å². The maximum absolute atomic E-state index is 10.3. The molecular formula is C13H16OSi. The van der Waals surface area contributed by atoms with Gasteiger partial charge in [0.2, 0.25) is 0 Å². The van der Waals surface area contributed by atoms with E-state index < -0.39 is 13.7 Å². The van der Waals surface area contributed by atoms with Crippen molar-refractivity contribution in [2.75, 3.05) is 0 Å². The summed E-state index contributed by atoms with van der Waals surface area (Å²) in [6.45, 7) is 6.57. The van der Waals surface area contributed by atoms with Crippen molar-refractivity contribution < 1.29 is 5.11 Å². The molecule has 2 rings (SSSR count). The summed E-state index contributed by atoms with van der Waals surface area (Å²) in [6.07, 6.45) is 0.681. The molecule has 0 amide bonds. The van der Waals surface area contributed by atoms with Gasteiger partial charge in [-0.3, -0.25) is 0 Å². The van der Waals surface area contributed by atoms with Crippen LogP contribution in [0.4, 0.5) is 0 Å². The molecule has 0 aromatic heterocycles. The molecule has 1 aliphatic carbocycles. The highest BCUT2D eigenvalue weighted by atomic mass is 28.3. The van der Waals surface area contributed by atoms with Crippen molar-refractivity contribution in [2.24, 2.45) is 0 Å². The van der Waals surface area contributed by atoms with Crippen molar-refractivity contribution in [1.82, 2.24) is 0 Å². The first-order valence-corrected chi connectivity index (χ1v) is 8.76. The lowest BCUT2D eigenvalue weighted by Crippen LogP contribution is -2.37. The van der Waals surface area contributed by atoms with Gasteiger partial charge in [-0.25, -0.2) is 0 Å². The molecule has 0 fully saturated rings. The second-order valence-corrected chi connectivity index (χ2v) is 9.94. The normalized spacial score (nSPS) is 23.5. The predicted octanol–water partition coefficient (Wildman–Crippen LogP) is 2.31.